The summed E-state index contributed by atoms with van der Waals surface area (Å²) in [6.07, 6.45) is 0. The van der Waals surface area contributed by atoms with E-state index in [4.69, 9.17) is 5.11 Å². The Morgan fingerprint density at radius 3 is 2.89 bits per heavy atom. The average Bonchev–Trinajstić information content (AvgIpc) is 1.82. The van der Waals surface area contributed by atoms with Gasteiger partial charge in [-0.15, -0.1) is 0 Å². The molecule has 0 aromatic carbocycles. The summed E-state index contributed by atoms with van der Waals surface area (Å²) in [6, 6.07) is 0. The molecular formula is C5H7NO2S. The van der Waals surface area contributed by atoms with Crippen LogP contribution >= 0.6 is 12.2 Å². The summed E-state index contributed by atoms with van der Waals surface area (Å²) in [5.74, 6) is -1.32. The lowest BCUT2D eigenvalue weighted by atomic mass is 10.2. The molecule has 0 spiro atoms. The molecule has 0 aliphatic rings. The standard InChI is InChI=1S/C5H7NO2S/c1-4(5(7)8)2-6-3-9/h4H,2H2,1H3,(H,7,8). The van der Waals surface area contributed by atoms with E-state index in [-0.39, 0.29) is 6.54 Å². The van der Waals surface area contributed by atoms with E-state index in [9.17, 15) is 4.79 Å². The van der Waals surface area contributed by atoms with Crippen LogP contribution < -0.4 is 0 Å². The first-order valence-electron chi connectivity index (χ1n) is 2.45. The zero-order valence-corrected chi connectivity index (χ0v) is 5.81. The number of hydrogen-bond acceptors (Lipinski definition) is 3. The molecule has 0 aromatic heterocycles. The second kappa shape index (κ2) is 4.18. The molecule has 0 amide bonds. The van der Waals surface area contributed by atoms with Crippen LogP contribution in [0.1, 0.15) is 6.92 Å². The Morgan fingerprint density at radius 1 is 2.00 bits per heavy atom. The zero-order valence-electron chi connectivity index (χ0n) is 5.00. The largest absolute Gasteiger partial charge is 0.481 e. The Hall–Kier alpha value is -0.730. The van der Waals surface area contributed by atoms with Crippen LogP contribution in [0.5, 0.6) is 0 Å². The van der Waals surface area contributed by atoms with E-state index in [1.165, 1.54) is 0 Å². The van der Waals surface area contributed by atoms with E-state index in [1.807, 2.05) is 0 Å². The average molecular weight is 145 g/mol. The molecule has 0 aliphatic carbocycles. The summed E-state index contributed by atoms with van der Waals surface area (Å²) < 4.78 is 0. The first-order valence-corrected chi connectivity index (χ1v) is 2.85. The smallest absolute Gasteiger partial charge is 0.308 e. The Morgan fingerprint density at radius 2 is 2.56 bits per heavy atom. The van der Waals surface area contributed by atoms with Gasteiger partial charge in [0.25, 0.3) is 0 Å². The number of carbonyl (C=O) groups is 1. The fraction of sp³-hybridized carbons (Fsp3) is 0.600. The van der Waals surface area contributed by atoms with E-state index >= 15 is 0 Å². The number of aliphatic imine (C=N–C) groups is 1. The summed E-state index contributed by atoms with van der Waals surface area (Å²) in [5, 5.41) is 10.4. The predicted octanol–water partition coefficient (Wildman–Crippen LogP) is 0.810. The third kappa shape index (κ3) is 3.82. The maximum atomic E-state index is 10.1. The molecule has 50 valence electrons. The molecule has 0 radical (unpaired) electrons. The number of aliphatic carboxylic acids is 1. The molecule has 1 N–H and O–H groups in total. The van der Waals surface area contributed by atoms with Gasteiger partial charge in [0.15, 0.2) is 0 Å². The minimum atomic E-state index is -0.857. The van der Waals surface area contributed by atoms with Crippen molar-refractivity contribution in [2.24, 2.45) is 10.9 Å². The first-order chi connectivity index (χ1) is 4.18. The van der Waals surface area contributed by atoms with Gasteiger partial charge in [-0.2, -0.15) is 0 Å². The summed E-state index contributed by atoms with van der Waals surface area (Å²) in [5.41, 5.74) is 0. The lowest BCUT2D eigenvalue weighted by Crippen LogP contribution is -2.12. The Kier molecular flexibility index (Phi) is 3.84. The second-order valence-corrected chi connectivity index (χ2v) is 1.85. The van der Waals surface area contributed by atoms with Crippen molar-refractivity contribution in [3.63, 3.8) is 0 Å². The van der Waals surface area contributed by atoms with Gasteiger partial charge in [-0.05, 0) is 12.2 Å². The molecule has 0 bridgehead atoms. The fourth-order valence-electron chi connectivity index (χ4n) is 0.252. The van der Waals surface area contributed by atoms with Gasteiger partial charge >= 0.3 is 5.97 Å². The number of isothiocyanates is 1. The normalized spacial score (nSPS) is 11.7. The van der Waals surface area contributed by atoms with Gasteiger partial charge in [0.2, 0.25) is 0 Å². The zero-order chi connectivity index (χ0) is 7.28. The monoisotopic (exact) mass is 145 g/mol. The minimum Gasteiger partial charge on any atom is -0.481 e. The maximum Gasteiger partial charge on any atom is 0.308 e. The van der Waals surface area contributed by atoms with Gasteiger partial charge in [0.05, 0.1) is 17.6 Å². The third-order valence-electron chi connectivity index (χ3n) is 0.851. The van der Waals surface area contributed by atoms with Crippen molar-refractivity contribution in [1.29, 1.82) is 0 Å². The van der Waals surface area contributed by atoms with E-state index in [0.717, 1.165) is 0 Å². The number of thiocarbonyl (C=S) groups is 1. The van der Waals surface area contributed by atoms with E-state index in [0.29, 0.717) is 0 Å². The van der Waals surface area contributed by atoms with Crippen molar-refractivity contribution >= 4 is 23.3 Å². The molecule has 0 fully saturated rings. The van der Waals surface area contributed by atoms with E-state index < -0.39 is 11.9 Å². The number of carboxylic acid groups (broad SMARTS) is 1. The molecule has 0 aliphatic heterocycles. The molecule has 0 heterocycles. The highest BCUT2D eigenvalue weighted by Gasteiger charge is 2.07. The fourth-order valence-corrected chi connectivity index (χ4v) is 0.327. The van der Waals surface area contributed by atoms with Crippen LogP contribution in [0.2, 0.25) is 0 Å². The highest BCUT2D eigenvalue weighted by atomic mass is 32.1. The quantitative estimate of drug-likeness (QED) is 0.472. The maximum absolute atomic E-state index is 10.1. The van der Waals surface area contributed by atoms with Crippen molar-refractivity contribution in [3.8, 4) is 0 Å². The number of carboxylic acids is 1. The summed E-state index contributed by atoms with van der Waals surface area (Å²) >= 11 is 4.25. The third-order valence-corrected chi connectivity index (χ3v) is 0.980. The van der Waals surface area contributed by atoms with Gasteiger partial charge in [-0.3, -0.25) is 4.79 Å². The van der Waals surface area contributed by atoms with E-state index in [2.05, 4.69) is 22.4 Å². The van der Waals surface area contributed by atoms with Crippen molar-refractivity contribution in [2.45, 2.75) is 6.92 Å². The minimum absolute atomic E-state index is 0.221. The Labute approximate surface area is 58.4 Å². The van der Waals surface area contributed by atoms with Gasteiger partial charge in [-0.25, -0.2) is 4.99 Å². The number of rotatable bonds is 3. The van der Waals surface area contributed by atoms with Gasteiger partial charge in [0.1, 0.15) is 0 Å². The van der Waals surface area contributed by atoms with Crippen LogP contribution in [0.25, 0.3) is 0 Å². The summed E-state index contributed by atoms with van der Waals surface area (Å²) in [6.45, 7) is 1.79. The highest BCUT2D eigenvalue weighted by molar-refractivity contribution is 7.78. The molecule has 0 rings (SSSR count). The SMILES string of the molecule is CC(CN=C=S)C(=O)O. The van der Waals surface area contributed by atoms with Crippen LogP contribution in [-0.2, 0) is 4.79 Å². The van der Waals surface area contributed by atoms with Crippen molar-refractivity contribution < 1.29 is 9.90 Å². The van der Waals surface area contributed by atoms with Gasteiger partial charge in [0, 0.05) is 0 Å². The van der Waals surface area contributed by atoms with Crippen LogP contribution in [0.4, 0.5) is 0 Å². The first kappa shape index (κ1) is 8.27. The lowest BCUT2D eigenvalue weighted by molar-refractivity contribution is -0.140. The van der Waals surface area contributed by atoms with Crippen molar-refractivity contribution in [1.82, 2.24) is 0 Å². The molecule has 0 aromatic rings. The molecule has 1 unspecified atom stereocenters. The van der Waals surface area contributed by atoms with Crippen molar-refractivity contribution in [3.05, 3.63) is 0 Å². The van der Waals surface area contributed by atoms with Crippen LogP contribution in [0.15, 0.2) is 4.99 Å². The number of hydrogen-bond donors (Lipinski definition) is 1. The molecule has 3 nitrogen and oxygen atoms in total. The van der Waals surface area contributed by atoms with Crippen molar-refractivity contribution in [2.75, 3.05) is 6.54 Å². The molecule has 0 saturated heterocycles. The van der Waals surface area contributed by atoms with Gasteiger partial charge in [-0.1, -0.05) is 6.92 Å². The topological polar surface area (TPSA) is 49.7 Å². The van der Waals surface area contributed by atoms with Crippen LogP contribution in [0, 0.1) is 5.92 Å². The molecule has 9 heavy (non-hydrogen) atoms. The second-order valence-electron chi connectivity index (χ2n) is 1.67. The predicted molar refractivity (Wildman–Crippen MR) is 36.7 cm³/mol. The Balaban J connectivity index is 3.63. The molecule has 4 heteroatoms. The Bertz CT molecular complexity index is 151. The van der Waals surface area contributed by atoms with E-state index in [1.54, 1.807) is 6.92 Å². The van der Waals surface area contributed by atoms with Gasteiger partial charge < -0.3 is 5.11 Å². The highest BCUT2D eigenvalue weighted by Crippen LogP contribution is 1.92. The van der Waals surface area contributed by atoms with Crippen LogP contribution in [0.3, 0.4) is 0 Å². The summed E-state index contributed by atoms with van der Waals surface area (Å²) in [7, 11) is 0. The summed E-state index contributed by atoms with van der Waals surface area (Å²) in [4.78, 5) is 13.6. The number of nitrogens with zero attached hydrogens (tertiary/aromatic N) is 1. The lowest BCUT2D eigenvalue weighted by Gasteiger charge is -1.96. The molecular weight excluding hydrogens is 138 g/mol. The van der Waals surface area contributed by atoms with Crippen LogP contribution in [-0.4, -0.2) is 22.8 Å². The molecule has 0 saturated carbocycles. The molecule has 1 atom stereocenters.